The molecule has 2 rings (SSSR count). The van der Waals surface area contributed by atoms with Crippen LogP contribution in [0.4, 0.5) is 5.69 Å². The van der Waals surface area contributed by atoms with Crippen molar-refractivity contribution >= 4 is 17.5 Å². The molecule has 1 aliphatic rings. The Morgan fingerprint density at radius 2 is 1.91 bits per heavy atom. The maximum Gasteiger partial charge on any atom is 0.269 e. The van der Waals surface area contributed by atoms with Gasteiger partial charge >= 0.3 is 0 Å². The summed E-state index contributed by atoms with van der Waals surface area (Å²) in [5.41, 5.74) is 6.87. The van der Waals surface area contributed by atoms with Crippen LogP contribution < -0.4 is 16.4 Å². The number of rotatable bonds is 4. The molecule has 4 N–H and O–H groups in total. The van der Waals surface area contributed by atoms with Gasteiger partial charge in [0.1, 0.15) is 5.69 Å². The fourth-order valence-corrected chi connectivity index (χ4v) is 3.10. The van der Waals surface area contributed by atoms with Crippen LogP contribution >= 0.6 is 0 Å². The average molecular weight is 318 g/mol. The summed E-state index contributed by atoms with van der Waals surface area (Å²) >= 11 is 0. The first-order valence-electron chi connectivity index (χ1n) is 8.09. The molecule has 1 heterocycles. The van der Waals surface area contributed by atoms with Crippen molar-refractivity contribution in [1.82, 2.24) is 10.3 Å². The molecule has 0 unspecified atom stereocenters. The van der Waals surface area contributed by atoms with Crippen LogP contribution in [0.3, 0.4) is 0 Å². The van der Waals surface area contributed by atoms with Crippen LogP contribution in [-0.2, 0) is 4.79 Å². The van der Waals surface area contributed by atoms with Gasteiger partial charge in [0.25, 0.3) is 5.91 Å². The van der Waals surface area contributed by atoms with E-state index in [0.717, 1.165) is 25.7 Å². The summed E-state index contributed by atoms with van der Waals surface area (Å²) in [4.78, 5) is 28.0. The Kier molecular flexibility index (Phi) is 5.36. The lowest BCUT2D eigenvalue weighted by atomic mass is 9.73. The molecule has 23 heavy (non-hydrogen) atoms. The number of hydrogen-bond acceptors (Lipinski definition) is 4. The van der Waals surface area contributed by atoms with Gasteiger partial charge in [0, 0.05) is 30.4 Å². The summed E-state index contributed by atoms with van der Waals surface area (Å²) in [6, 6.07) is 3.28. The maximum absolute atomic E-state index is 12.4. The number of nitrogens with two attached hydrogens (primary N) is 1. The predicted octanol–water partition coefficient (Wildman–Crippen LogP) is 1.92. The van der Waals surface area contributed by atoms with Crippen molar-refractivity contribution in [1.29, 1.82) is 0 Å². The van der Waals surface area contributed by atoms with Gasteiger partial charge in [-0.25, -0.2) is 0 Å². The Bertz CT molecular complexity index is 572. The van der Waals surface area contributed by atoms with Gasteiger partial charge < -0.3 is 16.4 Å². The lowest BCUT2D eigenvalue weighted by Gasteiger charge is -2.36. The highest BCUT2D eigenvalue weighted by Crippen LogP contribution is 2.34. The normalized spacial score (nSPS) is 21.6. The number of nitrogens with zero attached hydrogens (tertiary/aromatic N) is 1. The van der Waals surface area contributed by atoms with Gasteiger partial charge in [-0.1, -0.05) is 0 Å². The van der Waals surface area contributed by atoms with E-state index in [-0.39, 0.29) is 23.3 Å². The third-order valence-electron chi connectivity index (χ3n) is 4.64. The van der Waals surface area contributed by atoms with Crippen molar-refractivity contribution in [3.05, 3.63) is 24.0 Å². The second kappa shape index (κ2) is 7.08. The van der Waals surface area contributed by atoms with Gasteiger partial charge in [0.2, 0.25) is 5.91 Å². The van der Waals surface area contributed by atoms with Gasteiger partial charge in [-0.15, -0.1) is 0 Å². The van der Waals surface area contributed by atoms with E-state index in [9.17, 15) is 9.59 Å². The molecule has 0 atom stereocenters. The molecular weight excluding hydrogens is 292 g/mol. The molecule has 0 radical (unpaired) electrons. The minimum absolute atomic E-state index is 0.00483. The number of nitrogens with one attached hydrogen (secondary N) is 2. The molecular formula is C17H26N4O2. The first kappa shape index (κ1) is 17.4. The predicted molar refractivity (Wildman–Crippen MR) is 90.0 cm³/mol. The number of carbonyl (C=O) groups is 2. The zero-order chi connectivity index (χ0) is 17.0. The molecule has 0 aromatic carbocycles. The molecule has 0 aliphatic heterocycles. The molecule has 1 aromatic rings. The molecule has 1 saturated carbocycles. The summed E-state index contributed by atoms with van der Waals surface area (Å²) in [5, 5.41) is 5.41. The van der Waals surface area contributed by atoms with Crippen LogP contribution in [0.1, 0.15) is 50.0 Å². The highest BCUT2D eigenvalue weighted by molar-refractivity contribution is 5.96. The number of anilines is 1. The van der Waals surface area contributed by atoms with Crippen molar-refractivity contribution in [2.24, 2.45) is 17.6 Å². The van der Waals surface area contributed by atoms with E-state index < -0.39 is 0 Å². The quantitative estimate of drug-likeness (QED) is 0.790. The fourth-order valence-electron chi connectivity index (χ4n) is 3.10. The minimum atomic E-state index is -0.271. The summed E-state index contributed by atoms with van der Waals surface area (Å²) < 4.78 is 0. The largest absolute Gasteiger partial charge is 0.354 e. The molecule has 1 aromatic heterocycles. The summed E-state index contributed by atoms with van der Waals surface area (Å²) in [5.74, 6) is 0.205. The smallest absolute Gasteiger partial charge is 0.269 e. The Labute approximate surface area is 137 Å². The number of amides is 2. The molecule has 0 bridgehead atoms. The van der Waals surface area contributed by atoms with Crippen LogP contribution in [-0.4, -0.2) is 29.4 Å². The summed E-state index contributed by atoms with van der Waals surface area (Å²) in [6.45, 7) is 4.10. The molecule has 2 amide bonds. The standard InChI is InChI=1S/C17H26N4O2/c1-17(2,18)12-6-4-11(5-7-12)15(22)21-13-8-9-20-14(10-13)16(23)19-3/h8-12H,4-7,18H2,1-3H3,(H,19,23)(H,20,21,22)/t11-,12-. The Balaban J connectivity index is 1.94. The molecule has 6 heteroatoms. The van der Waals surface area contributed by atoms with E-state index in [0.29, 0.717) is 17.3 Å². The number of carbonyl (C=O) groups excluding carboxylic acids is 2. The van der Waals surface area contributed by atoms with Gasteiger partial charge in [-0.2, -0.15) is 0 Å². The van der Waals surface area contributed by atoms with Crippen molar-refractivity contribution in [2.75, 3.05) is 12.4 Å². The van der Waals surface area contributed by atoms with Crippen LogP contribution in [0, 0.1) is 11.8 Å². The molecule has 1 aliphatic carbocycles. The first-order valence-corrected chi connectivity index (χ1v) is 8.09. The van der Waals surface area contributed by atoms with Crippen molar-refractivity contribution < 1.29 is 9.59 Å². The van der Waals surface area contributed by atoms with Gasteiger partial charge in [0.05, 0.1) is 0 Å². The Morgan fingerprint density at radius 1 is 1.26 bits per heavy atom. The van der Waals surface area contributed by atoms with Crippen LogP contribution in [0.2, 0.25) is 0 Å². The van der Waals surface area contributed by atoms with Crippen LogP contribution in [0.5, 0.6) is 0 Å². The monoisotopic (exact) mass is 318 g/mol. The van der Waals surface area contributed by atoms with Gasteiger partial charge in [0.15, 0.2) is 0 Å². The lowest BCUT2D eigenvalue weighted by molar-refractivity contribution is -0.121. The highest BCUT2D eigenvalue weighted by atomic mass is 16.2. The van der Waals surface area contributed by atoms with E-state index in [1.807, 2.05) is 0 Å². The average Bonchev–Trinajstić information content (AvgIpc) is 2.53. The third-order valence-corrected chi connectivity index (χ3v) is 4.64. The van der Waals surface area contributed by atoms with E-state index in [1.54, 1.807) is 19.2 Å². The Hall–Kier alpha value is -1.95. The Morgan fingerprint density at radius 3 is 2.48 bits per heavy atom. The summed E-state index contributed by atoms with van der Waals surface area (Å²) in [6.07, 6.45) is 5.17. The number of hydrogen-bond donors (Lipinski definition) is 3. The number of aromatic nitrogens is 1. The second-order valence-electron chi connectivity index (χ2n) is 6.87. The molecule has 6 nitrogen and oxygen atoms in total. The van der Waals surface area contributed by atoms with Crippen LogP contribution in [0.25, 0.3) is 0 Å². The fraction of sp³-hybridized carbons (Fsp3) is 0.588. The SMILES string of the molecule is CNC(=O)c1cc(NC(=O)[C@H]2CC[C@H](C(C)(C)N)CC2)ccn1. The van der Waals surface area contributed by atoms with Crippen molar-refractivity contribution in [2.45, 2.75) is 45.1 Å². The first-order chi connectivity index (χ1) is 10.8. The van der Waals surface area contributed by atoms with Crippen LogP contribution in [0.15, 0.2) is 18.3 Å². The van der Waals surface area contributed by atoms with E-state index in [2.05, 4.69) is 29.5 Å². The molecule has 0 spiro atoms. The van der Waals surface area contributed by atoms with E-state index in [4.69, 9.17) is 5.73 Å². The summed E-state index contributed by atoms with van der Waals surface area (Å²) in [7, 11) is 1.55. The minimum Gasteiger partial charge on any atom is -0.354 e. The van der Waals surface area contributed by atoms with Gasteiger partial charge in [-0.3, -0.25) is 14.6 Å². The lowest BCUT2D eigenvalue weighted by Crippen LogP contribution is -2.43. The molecule has 126 valence electrons. The topological polar surface area (TPSA) is 97.1 Å². The molecule has 0 saturated heterocycles. The third kappa shape index (κ3) is 4.51. The van der Waals surface area contributed by atoms with Crippen molar-refractivity contribution in [3.63, 3.8) is 0 Å². The second-order valence-corrected chi connectivity index (χ2v) is 6.87. The van der Waals surface area contributed by atoms with Crippen molar-refractivity contribution in [3.8, 4) is 0 Å². The molecule has 1 fully saturated rings. The number of pyridine rings is 1. The highest BCUT2D eigenvalue weighted by Gasteiger charge is 2.32. The van der Waals surface area contributed by atoms with E-state index >= 15 is 0 Å². The zero-order valence-electron chi connectivity index (χ0n) is 14.1. The maximum atomic E-state index is 12.4. The zero-order valence-corrected chi connectivity index (χ0v) is 14.1. The van der Waals surface area contributed by atoms with Gasteiger partial charge in [-0.05, 0) is 57.6 Å². The van der Waals surface area contributed by atoms with E-state index in [1.165, 1.54) is 6.20 Å².